The molecule has 1 unspecified atom stereocenters. The fraction of sp³-hybridized carbons (Fsp3) is 0.292. The van der Waals surface area contributed by atoms with Gasteiger partial charge in [-0.3, -0.25) is 9.69 Å². The molecule has 0 saturated carbocycles. The van der Waals surface area contributed by atoms with Gasteiger partial charge in [-0.2, -0.15) is 0 Å². The van der Waals surface area contributed by atoms with Crippen LogP contribution in [-0.4, -0.2) is 43.7 Å². The van der Waals surface area contributed by atoms with E-state index in [1.54, 1.807) is 6.26 Å². The zero-order chi connectivity index (χ0) is 19.9. The number of carbonyl (C=O) groups excluding carboxylic acids is 1. The zero-order valence-corrected chi connectivity index (χ0v) is 16.4. The largest absolute Gasteiger partial charge is 0.468 e. The van der Waals surface area contributed by atoms with E-state index in [9.17, 15) is 4.79 Å². The smallest absolute Gasteiger partial charge is 0.224 e. The number of benzene rings is 2. The normalized spacial score (nSPS) is 15.7. The number of ether oxygens (including phenoxy) is 1. The van der Waals surface area contributed by atoms with Crippen LogP contribution in [0.3, 0.4) is 0 Å². The summed E-state index contributed by atoms with van der Waals surface area (Å²) < 4.78 is 11.1. The van der Waals surface area contributed by atoms with E-state index in [1.165, 1.54) is 5.56 Å². The lowest BCUT2D eigenvalue weighted by molar-refractivity contribution is -0.120. The maximum absolute atomic E-state index is 12.5. The molecule has 0 radical (unpaired) electrons. The van der Waals surface area contributed by atoms with Crippen molar-refractivity contribution < 1.29 is 13.9 Å². The molecule has 0 spiro atoms. The van der Waals surface area contributed by atoms with Crippen LogP contribution < -0.4 is 5.32 Å². The number of morpholine rings is 1. The average Bonchev–Trinajstić information content (AvgIpc) is 3.30. The van der Waals surface area contributed by atoms with E-state index in [-0.39, 0.29) is 11.9 Å². The maximum atomic E-state index is 12.5. The lowest BCUT2D eigenvalue weighted by atomic mass is 10.0. The Balaban J connectivity index is 1.34. The molecule has 150 valence electrons. The summed E-state index contributed by atoms with van der Waals surface area (Å²) in [6.07, 6.45) is 2.04. The van der Waals surface area contributed by atoms with Gasteiger partial charge in [0.15, 0.2) is 0 Å². The molecule has 4 rings (SSSR count). The third kappa shape index (κ3) is 5.13. The third-order valence-corrected chi connectivity index (χ3v) is 5.28. The van der Waals surface area contributed by atoms with Crippen LogP contribution in [0.25, 0.3) is 11.1 Å². The summed E-state index contributed by atoms with van der Waals surface area (Å²) in [4.78, 5) is 14.8. The first-order chi connectivity index (χ1) is 14.3. The minimum atomic E-state index is 0.0160. The van der Waals surface area contributed by atoms with Gasteiger partial charge in [0.05, 0.1) is 31.9 Å². The summed E-state index contributed by atoms with van der Waals surface area (Å²) >= 11 is 0. The molecule has 1 N–H and O–H groups in total. The van der Waals surface area contributed by atoms with E-state index in [1.807, 2.05) is 42.5 Å². The fourth-order valence-electron chi connectivity index (χ4n) is 3.68. The topological polar surface area (TPSA) is 54.7 Å². The standard InChI is InChI=1S/C24H26N2O3/c27-24(17-19-8-10-21(11-9-19)20-5-2-1-3-6-20)25-18-22(23-7-4-14-29-23)26-12-15-28-16-13-26/h1-11,14,22H,12-13,15-18H2,(H,25,27). The molecule has 1 aromatic heterocycles. The number of nitrogens with zero attached hydrogens (tertiary/aromatic N) is 1. The second-order valence-electron chi connectivity index (χ2n) is 7.22. The molecule has 1 saturated heterocycles. The molecule has 1 fully saturated rings. The van der Waals surface area contributed by atoms with Crippen LogP contribution in [0.5, 0.6) is 0 Å². The number of amides is 1. The van der Waals surface area contributed by atoms with Crippen LogP contribution in [0.4, 0.5) is 0 Å². The Labute approximate surface area is 171 Å². The lowest BCUT2D eigenvalue weighted by Gasteiger charge is -2.33. The molecule has 29 heavy (non-hydrogen) atoms. The van der Waals surface area contributed by atoms with E-state index in [2.05, 4.69) is 34.5 Å². The third-order valence-electron chi connectivity index (χ3n) is 5.28. The molecule has 0 aliphatic carbocycles. The monoisotopic (exact) mass is 390 g/mol. The Morgan fingerprint density at radius 2 is 1.66 bits per heavy atom. The van der Waals surface area contributed by atoms with Gasteiger partial charge >= 0.3 is 0 Å². The Bertz CT molecular complexity index is 886. The lowest BCUT2D eigenvalue weighted by Crippen LogP contribution is -2.43. The zero-order valence-electron chi connectivity index (χ0n) is 16.4. The summed E-state index contributed by atoms with van der Waals surface area (Å²) in [5.41, 5.74) is 3.33. The second kappa shape index (κ2) is 9.54. The molecular formula is C24H26N2O3. The molecule has 5 nitrogen and oxygen atoms in total. The molecule has 3 aromatic rings. The molecular weight excluding hydrogens is 364 g/mol. The molecule has 2 heterocycles. The number of rotatable bonds is 7. The van der Waals surface area contributed by atoms with Gasteiger partial charge in [-0.25, -0.2) is 0 Å². The van der Waals surface area contributed by atoms with Crippen LogP contribution in [0, 0.1) is 0 Å². The highest BCUT2D eigenvalue weighted by molar-refractivity contribution is 5.79. The van der Waals surface area contributed by atoms with Crippen molar-refractivity contribution in [2.24, 2.45) is 0 Å². The van der Waals surface area contributed by atoms with E-state index in [0.29, 0.717) is 26.2 Å². The van der Waals surface area contributed by atoms with Crippen LogP contribution in [0.2, 0.25) is 0 Å². The van der Waals surface area contributed by atoms with E-state index < -0.39 is 0 Å². The van der Waals surface area contributed by atoms with E-state index in [4.69, 9.17) is 9.15 Å². The summed E-state index contributed by atoms with van der Waals surface area (Å²) in [5, 5.41) is 3.08. The fourth-order valence-corrected chi connectivity index (χ4v) is 3.68. The number of hydrogen-bond acceptors (Lipinski definition) is 4. The first-order valence-corrected chi connectivity index (χ1v) is 10.1. The molecule has 0 bridgehead atoms. The van der Waals surface area contributed by atoms with Gasteiger partial charge in [-0.05, 0) is 28.8 Å². The van der Waals surface area contributed by atoms with Gasteiger partial charge in [0.1, 0.15) is 5.76 Å². The Morgan fingerprint density at radius 1 is 0.931 bits per heavy atom. The quantitative estimate of drug-likeness (QED) is 0.669. The Hall–Kier alpha value is -2.89. The van der Waals surface area contributed by atoms with Crippen molar-refractivity contribution in [3.63, 3.8) is 0 Å². The molecule has 1 amide bonds. The van der Waals surface area contributed by atoms with Crippen LogP contribution >= 0.6 is 0 Å². The van der Waals surface area contributed by atoms with Crippen LogP contribution in [0.1, 0.15) is 17.4 Å². The van der Waals surface area contributed by atoms with Crippen molar-refractivity contribution in [2.45, 2.75) is 12.5 Å². The van der Waals surface area contributed by atoms with Gasteiger partial charge in [0.2, 0.25) is 5.91 Å². The van der Waals surface area contributed by atoms with Crippen molar-refractivity contribution in [3.8, 4) is 11.1 Å². The van der Waals surface area contributed by atoms with Gasteiger partial charge in [-0.15, -0.1) is 0 Å². The number of nitrogens with one attached hydrogen (secondary N) is 1. The summed E-state index contributed by atoms with van der Waals surface area (Å²) in [7, 11) is 0. The number of furan rings is 1. The summed E-state index contributed by atoms with van der Waals surface area (Å²) in [6.45, 7) is 3.61. The maximum Gasteiger partial charge on any atom is 0.224 e. The number of hydrogen-bond donors (Lipinski definition) is 1. The van der Waals surface area contributed by atoms with E-state index >= 15 is 0 Å². The van der Waals surface area contributed by atoms with Gasteiger partial charge in [-0.1, -0.05) is 54.6 Å². The summed E-state index contributed by atoms with van der Waals surface area (Å²) in [6, 6.07) is 22.3. The Kier molecular flexibility index (Phi) is 6.39. The van der Waals surface area contributed by atoms with Crippen LogP contribution in [-0.2, 0) is 16.0 Å². The second-order valence-corrected chi connectivity index (χ2v) is 7.22. The van der Waals surface area contributed by atoms with Crippen molar-refractivity contribution >= 4 is 5.91 Å². The molecule has 1 aliphatic heterocycles. The molecule has 2 aromatic carbocycles. The van der Waals surface area contributed by atoms with Gasteiger partial charge < -0.3 is 14.5 Å². The predicted molar refractivity (Wildman–Crippen MR) is 112 cm³/mol. The first kappa shape index (κ1) is 19.4. The van der Waals surface area contributed by atoms with Crippen LogP contribution in [0.15, 0.2) is 77.4 Å². The molecule has 1 atom stereocenters. The first-order valence-electron chi connectivity index (χ1n) is 10.1. The summed E-state index contributed by atoms with van der Waals surface area (Å²) in [5.74, 6) is 0.890. The highest BCUT2D eigenvalue weighted by atomic mass is 16.5. The minimum absolute atomic E-state index is 0.0160. The van der Waals surface area contributed by atoms with E-state index in [0.717, 1.165) is 30.0 Å². The predicted octanol–water partition coefficient (Wildman–Crippen LogP) is 3.68. The highest BCUT2D eigenvalue weighted by Crippen LogP contribution is 2.22. The number of carbonyl (C=O) groups is 1. The van der Waals surface area contributed by atoms with Crippen molar-refractivity contribution in [2.75, 3.05) is 32.8 Å². The van der Waals surface area contributed by atoms with Crippen molar-refractivity contribution in [1.29, 1.82) is 0 Å². The molecule has 5 heteroatoms. The highest BCUT2D eigenvalue weighted by Gasteiger charge is 2.25. The molecule has 1 aliphatic rings. The van der Waals surface area contributed by atoms with Crippen molar-refractivity contribution in [3.05, 3.63) is 84.3 Å². The SMILES string of the molecule is O=C(Cc1ccc(-c2ccccc2)cc1)NCC(c1ccco1)N1CCOCC1. The Morgan fingerprint density at radius 3 is 2.34 bits per heavy atom. The average molecular weight is 390 g/mol. The van der Waals surface area contributed by atoms with Gasteiger partial charge in [0, 0.05) is 19.6 Å². The van der Waals surface area contributed by atoms with Gasteiger partial charge in [0.25, 0.3) is 0 Å². The van der Waals surface area contributed by atoms with Crippen molar-refractivity contribution in [1.82, 2.24) is 10.2 Å². The minimum Gasteiger partial charge on any atom is -0.468 e.